The summed E-state index contributed by atoms with van der Waals surface area (Å²) in [4.78, 5) is 20.7. The first-order chi connectivity index (χ1) is 26.9. The number of ketones is 1. The van der Waals surface area contributed by atoms with E-state index in [1.165, 1.54) is 35.4 Å². The Morgan fingerprint density at radius 2 is 1.35 bits per heavy atom. The Kier molecular flexibility index (Phi) is 13.0. The van der Waals surface area contributed by atoms with Gasteiger partial charge in [0.05, 0.1) is 12.6 Å². The van der Waals surface area contributed by atoms with Crippen LogP contribution < -0.4 is 4.74 Å². The summed E-state index contributed by atoms with van der Waals surface area (Å²) in [5, 5.41) is 0. The Morgan fingerprint density at radius 3 is 2.00 bits per heavy atom. The lowest BCUT2D eigenvalue weighted by Gasteiger charge is -2.40. The van der Waals surface area contributed by atoms with Gasteiger partial charge in [0.25, 0.3) is 0 Å². The number of ether oxygens (including phenoxy) is 1. The lowest BCUT2D eigenvalue weighted by atomic mass is 9.86. The largest absolute Gasteiger partial charge is 0.494 e. The molecule has 5 nitrogen and oxygen atoms in total. The summed E-state index contributed by atoms with van der Waals surface area (Å²) in [6.45, 7) is 7.16. The molecule has 2 aliphatic rings. The summed E-state index contributed by atoms with van der Waals surface area (Å²) in [5.41, 5.74) is 8.35. The number of carbonyl (C=O) groups excluding carboxylic acids is 1. The highest BCUT2D eigenvalue weighted by Gasteiger charge is 2.27. The minimum absolute atomic E-state index is 0.0347. The van der Waals surface area contributed by atoms with Gasteiger partial charge < -0.3 is 9.64 Å². The van der Waals surface area contributed by atoms with Crippen molar-refractivity contribution in [1.82, 2.24) is 14.7 Å². The van der Waals surface area contributed by atoms with Crippen LogP contribution in [0.2, 0.25) is 0 Å². The SMILES string of the molecule is CN(Cc1ccccc1)Cc1ccc(/C=C2\CCc3cc(OCCCCCN4CCN(C(c5ccc(F)cc5)c5ccc(F)cc5)CC4)ccc3C2=O)cc1. The number of halogens is 2. The molecule has 1 aliphatic carbocycles. The topological polar surface area (TPSA) is 36.0 Å². The first-order valence-electron chi connectivity index (χ1n) is 19.7. The molecule has 0 saturated carbocycles. The van der Waals surface area contributed by atoms with Crippen molar-refractivity contribution >= 4 is 11.9 Å². The molecule has 1 heterocycles. The Morgan fingerprint density at radius 1 is 0.709 bits per heavy atom. The molecule has 55 heavy (non-hydrogen) atoms. The van der Waals surface area contributed by atoms with Crippen molar-refractivity contribution in [3.05, 3.63) is 177 Å². The fourth-order valence-electron chi connectivity index (χ4n) is 7.92. The number of fused-ring (bicyclic) bond motifs is 1. The van der Waals surface area contributed by atoms with E-state index in [1.807, 2.05) is 48.5 Å². The predicted molar refractivity (Wildman–Crippen MR) is 217 cm³/mol. The van der Waals surface area contributed by atoms with Crippen molar-refractivity contribution in [2.75, 3.05) is 46.4 Å². The number of carbonyl (C=O) groups is 1. The van der Waals surface area contributed by atoms with Crippen LogP contribution in [0.15, 0.2) is 127 Å². The van der Waals surface area contributed by atoms with Gasteiger partial charge in [0.2, 0.25) is 0 Å². The normalized spacial score (nSPS) is 15.9. The third-order valence-corrected chi connectivity index (χ3v) is 10.9. The molecule has 5 aromatic carbocycles. The molecule has 5 aromatic rings. The van der Waals surface area contributed by atoms with Crippen molar-refractivity contribution in [3.63, 3.8) is 0 Å². The number of piperazine rings is 1. The Hall–Kier alpha value is -4.95. The molecule has 284 valence electrons. The molecule has 0 unspecified atom stereocenters. The second-order valence-corrected chi connectivity index (χ2v) is 15.0. The number of rotatable bonds is 15. The van der Waals surface area contributed by atoms with Crippen LogP contribution in [-0.4, -0.2) is 66.9 Å². The number of hydrogen-bond donors (Lipinski definition) is 0. The van der Waals surface area contributed by atoms with Gasteiger partial charge in [-0.2, -0.15) is 0 Å². The molecule has 0 spiro atoms. The third kappa shape index (κ3) is 10.4. The van der Waals surface area contributed by atoms with E-state index in [9.17, 15) is 13.6 Å². The molecule has 0 radical (unpaired) electrons. The highest BCUT2D eigenvalue weighted by molar-refractivity contribution is 6.13. The van der Waals surface area contributed by atoms with Gasteiger partial charge in [0.1, 0.15) is 17.4 Å². The van der Waals surface area contributed by atoms with E-state index in [-0.39, 0.29) is 23.5 Å². The zero-order valence-electron chi connectivity index (χ0n) is 31.8. The van der Waals surface area contributed by atoms with E-state index in [1.54, 1.807) is 0 Å². The molecule has 0 N–H and O–H groups in total. The van der Waals surface area contributed by atoms with E-state index >= 15 is 0 Å². The van der Waals surface area contributed by atoms with Crippen LogP contribution in [0.4, 0.5) is 8.78 Å². The quantitative estimate of drug-likeness (QED) is 0.0790. The number of Topliss-reactive ketones (excluding diaryl/α,β-unsaturated/α-hetero) is 1. The average Bonchev–Trinajstić information content (AvgIpc) is 3.20. The molecule has 7 heteroatoms. The van der Waals surface area contributed by atoms with Gasteiger partial charge in [0, 0.05) is 50.4 Å². The first kappa shape index (κ1) is 38.3. The van der Waals surface area contributed by atoms with E-state index in [0.29, 0.717) is 6.61 Å². The van der Waals surface area contributed by atoms with E-state index in [4.69, 9.17) is 4.74 Å². The van der Waals surface area contributed by atoms with E-state index < -0.39 is 0 Å². The van der Waals surface area contributed by atoms with Crippen LogP contribution in [0.3, 0.4) is 0 Å². The second-order valence-electron chi connectivity index (χ2n) is 15.0. The molecule has 0 amide bonds. The maximum Gasteiger partial charge on any atom is 0.189 e. The fourth-order valence-corrected chi connectivity index (χ4v) is 7.92. The van der Waals surface area contributed by atoms with Gasteiger partial charge >= 0.3 is 0 Å². The van der Waals surface area contributed by atoms with Gasteiger partial charge in [-0.15, -0.1) is 0 Å². The second kappa shape index (κ2) is 18.6. The number of hydrogen-bond acceptors (Lipinski definition) is 5. The molecule has 1 aliphatic heterocycles. The van der Waals surface area contributed by atoms with Gasteiger partial charge in [0.15, 0.2) is 5.78 Å². The number of unbranched alkanes of at least 4 members (excludes halogenated alkanes) is 2. The third-order valence-electron chi connectivity index (χ3n) is 10.9. The molecule has 0 aromatic heterocycles. The number of benzene rings is 5. The summed E-state index contributed by atoms with van der Waals surface area (Å²) in [7, 11) is 2.14. The van der Waals surface area contributed by atoms with Crippen LogP contribution in [0.1, 0.15) is 75.5 Å². The minimum atomic E-state index is -0.254. The highest BCUT2D eigenvalue weighted by Crippen LogP contribution is 2.31. The molecule has 0 bridgehead atoms. The van der Waals surface area contributed by atoms with Gasteiger partial charge in [-0.25, -0.2) is 8.78 Å². The smallest absolute Gasteiger partial charge is 0.189 e. The predicted octanol–water partition coefficient (Wildman–Crippen LogP) is 9.77. The van der Waals surface area contributed by atoms with Crippen LogP contribution in [-0.2, 0) is 19.5 Å². The van der Waals surface area contributed by atoms with Crippen LogP contribution in [0.25, 0.3) is 6.08 Å². The Balaban J connectivity index is 0.824. The van der Waals surface area contributed by atoms with Gasteiger partial charge in [-0.05, 0) is 128 Å². The summed E-state index contributed by atoms with van der Waals surface area (Å²) < 4.78 is 33.5. The first-order valence-corrected chi connectivity index (χ1v) is 19.7. The lowest BCUT2D eigenvalue weighted by molar-refractivity contribution is 0.102. The lowest BCUT2D eigenvalue weighted by Crippen LogP contribution is -2.48. The number of nitrogens with zero attached hydrogens (tertiary/aromatic N) is 3. The Bertz CT molecular complexity index is 1980. The monoisotopic (exact) mass is 739 g/mol. The van der Waals surface area contributed by atoms with Crippen molar-refractivity contribution in [3.8, 4) is 5.75 Å². The fraction of sp³-hybridized carbons (Fsp3) is 0.312. The standard InChI is InChI=1S/C48H51F2N3O2/c1-51(34-37-8-4-2-5-9-37)35-38-12-10-36(11-13-38)32-42-15-14-41-33-45(24-25-46(41)48(42)54)55-31-7-3-6-26-52-27-29-53(30-28-52)47(39-16-20-43(49)21-17-39)40-18-22-44(50)23-19-40/h2,4-5,8-13,16-25,32-33,47H,3,6-7,14-15,26-31,34-35H2,1H3/b42-32+. The van der Waals surface area contributed by atoms with Crippen molar-refractivity contribution in [2.45, 2.75) is 51.2 Å². The van der Waals surface area contributed by atoms with Gasteiger partial charge in [-0.1, -0.05) is 78.9 Å². The van der Waals surface area contributed by atoms with E-state index in [2.05, 4.69) is 76.3 Å². The van der Waals surface area contributed by atoms with E-state index in [0.717, 1.165) is 117 Å². The van der Waals surface area contributed by atoms with Crippen molar-refractivity contribution < 1.29 is 18.3 Å². The minimum Gasteiger partial charge on any atom is -0.494 e. The maximum absolute atomic E-state index is 13.7. The number of allylic oxidation sites excluding steroid dienone is 1. The average molecular weight is 740 g/mol. The molecule has 0 atom stereocenters. The number of aryl methyl sites for hydroxylation is 1. The Labute approximate surface area is 324 Å². The molecule has 7 rings (SSSR count). The van der Waals surface area contributed by atoms with Gasteiger partial charge in [-0.3, -0.25) is 14.6 Å². The summed E-state index contributed by atoms with van der Waals surface area (Å²) in [6.07, 6.45) is 6.76. The molecule has 1 fully saturated rings. The summed E-state index contributed by atoms with van der Waals surface area (Å²) >= 11 is 0. The van der Waals surface area contributed by atoms with Crippen LogP contribution in [0, 0.1) is 11.6 Å². The zero-order chi connectivity index (χ0) is 38.0. The summed E-state index contributed by atoms with van der Waals surface area (Å²) in [6, 6.07) is 38.3. The maximum atomic E-state index is 13.7. The highest BCUT2D eigenvalue weighted by atomic mass is 19.1. The molecular formula is C48H51F2N3O2. The summed E-state index contributed by atoms with van der Waals surface area (Å²) in [5.74, 6) is 0.437. The zero-order valence-corrected chi connectivity index (χ0v) is 31.8. The van der Waals surface area contributed by atoms with Crippen LogP contribution >= 0.6 is 0 Å². The van der Waals surface area contributed by atoms with Crippen molar-refractivity contribution in [2.24, 2.45) is 0 Å². The molecule has 1 saturated heterocycles. The molecular weight excluding hydrogens is 689 g/mol. The van der Waals surface area contributed by atoms with Crippen molar-refractivity contribution in [1.29, 1.82) is 0 Å². The van der Waals surface area contributed by atoms with Crippen LogP contribution in [0.5, 0.6) is 5.75 Å².